The number of aromatic nitrogens is 1. The molecule has 0 aliphatic rings. The molecule has 0 atom stereocenters. The molecule has 1 heterocycles. The fraction of sp³-hybridized carbons (Fsp3) is 0. The molecule has 3 nitrogen and oxygen atoms in total. The largest absolute Gasteiger partial charge is 0.276 e. The number of rotatable bonds is 2. The minimum atomic E-state index is 0.546. The first-order valence-corrected chi connectivity index (χ1v) is 3.11. The van der Waals surface area contributed by atoms with E-state index in [1.807, 2.05) is 6.07 Å². The van der Waals surface area contributed by atoms with Crippen molar-refractivity contribution in [3.63, 3.8) is 0 Å². The first kappa shape index (κ1) is 7.29. The van der Waals surface area contributed by atoms with Gasteiger partial charge < -0.3 is 0 Å². The van der Waals surface area contributed by atoms with Crippen molar-refractivity contribution in [3.05, 3.63) is 30.5 Å². The van der Waals surface area contributed by atoms with E-state index >= 15 is 0 Å². The van der Waals surface area contributed by atoms with Crippen LogP contribution in [0, 0.1) is 11.5 Å². The highest BCUT2D eigenvalue weighted by atomic mass is 15.0. The topological polar surface area (TPSA) is 48.7 Å². The fourth-order valence-corrected chi connectivity index (χ4v) is 0.740. The van der Waals surface area contributed by atoms with Gasteiger partial charge in [0, 0.05) is 11.8 Å². The summed E-state index contributed by atoms with van der Waals surface area (Å²) in [6.45, 7) is 3.58. The van der Waals surface area contributed by atoms with Crippen LogP contribution in [0.25, 0.3) is 6.08 Å². The van der Waals surface area contributed by atoms with Crippen molar-refractivity contribution in [2.75, 3.05) is 5.32 Å². The van der Waals surface area contributed by atoms with Crippen LogP contribution in [0.5, 0.6) is 0 Å². The minimum Gasteiger partial charge on any atom is -0.276 e. The van der Waals surface area contributed by atoms with Gasteiger partial charge in [0.2, 0.25) is 0 Å². The Morgan fingerprint density at radius 1 is 1.73 bits per heavy atom. The fourth-order valence-electron chi connectivity index (χ4n) is 0.740. The van der Waals surface area contributed by atoms with Crippen molar-refractivity contribution in [2.45, 2.75) is 0 Å². The molecule has 0 bridgehead atoms. The first-order chi connectivity index (χ1) is 5.38. The van der Waals surface area contributed by atoms with Crippen LogP contribution < -0.4 is 5.32 Å². The maximum atomic E-state index is 8.30. The van der Waals surface area contributed by atoms with E-state index in [2.05, 4.69) is 16.9 Å². The Morgan fingerprint density at radius 2 is 2.55 bits per heavy atom. The van der Waals surface area contributed by atoms with E-state index in [1.54, 1.807) is 24.5 Å². The van der Waals surface area contributed by atoms with Gasteiger partial charge in [0.15, 0.2) is 6.19 Å². The Kier molecular flexibility index (Phi) is 2.24. The summed E-state index contributed by atoms with van der Waals surface area (Å²) < 4.78 is 0. The van der Waals surface area contributed by atoms with E-state index in [9.17, 15) is 0 Å². The predicted molar refractivity (Wildman–Crippen MR) is 43.6 cm³/mol. The van der Waals surface area contributed by atoms with Gasteiger partial charge in [-0.15, -0.1) is 0 Å². The lowest BCUT2D eigenvalue weighted by atomic mass is 10.2. The van der Waals surface area contributed by atoms with Gasteiger partial charge in [0.25, 0.3) is 0 Å². The molecule has 0 unspecified atom stereocenters. The van der Waals surface area contributed by atoms with Crippen LogP contribution in [0.2, 0.25) is 0 Å². The second-order valence-electron chi connectivity index (χ2n) is 1.88. The SMILES string of the molecule is C=Cc1cccnc1NC#N. The molecule has 0 aliphatic heterocycles. The lowest BCUT2D eigenvalue weighted by molar-refractivity contribution is 1.29. The molecule has 0 saturated carbocycles. The Bertz CT molecular complexity index is 298. The highest BCUT2D eigenvalue weighted by Gasteiger charge is 1.95. The van der Waals surface area contributed by atoms with E-state index in [0.29, 0.717) is 5.82 Å². The zero-order chi connectivity index (χ0) is 8.10. The van der Waals surface area contributed by atoms with E-state index < -0.39 is 0 Å². The van der Waals surface area contributed by atoms with Gasteiger partial charge in [0.05, 0.1) is 0 Å². The quantitative estimate of drug-likeness (QED) is 0.508. The van der Waals surface area contributed by atoms with Crippen LogP contribution in [0.3, 0.4) is 0 Å². The Balaban J connectivity index is 3.04. The summed E-state index contributed by atoms with van der Waals surface area (Å²) in [7, 11) is 0. The summed E-state index contributed by atoms with van der Waals surface area (Å²) in [5.41, 5.74) is 0.828. The number of pyridine rings is 1. The van der Waals surface area contributed by atoms with Crippen molar-refractivity contribution in [3.8, 4) is 6.19 Å². The number of anilines is 1. The molecule has 1 aromatic heterocycles. The molecule has 0 aromatic carbocycles. The van der Waals surface area contributed by atoms with E-state index in [1.165, 1.54) is 0 Å². The molecule has 0 aliphatic carbocycles. The molecule has 0 amide bonds. The number of nitrogens with one attached hydrogen (secondary N) is 1. The standard InChI is InChI=1S/C8H7N3/c1-2-7-4-3-5-10-8(7)11-6-9/h2-5H,1H2,(H,10,11). The molecular formula is C8H7N3. The van der Waals surface area contributed by atoms with Crippen LogP contribution in [0.4, 0.5) is 5.82 Å². The maximum Gasteiger partial charge on any atom is 0.182 e. The van der Waals surface area contributed by atoms with Crippen LogP contribution >= 0.6 is 0 Å². The lowest BCUT2D eigenvalue weighted by Crippen LogP contribution is -1.93. The number of nitriles is 1. The molecule has 1 aromatic rings. The molecule has 54 valence electrons. The van der Waals surface area contributed by atoms with Gasteiger partial charge in [-0.2, -0.15) is 5.26 Å². The Hall–Kier alpha value is -1.82. The molecule has 0 radical (unpaired) electrons. The van der Waals surface area contributed by atoms with Crippen LogP contribution in [-0.2, 0) is 0 Å². The second-order valence-corrected chi connectivity index (χ2v) is 1.88. The van der Waals surface area contributed by atoms with Gasteiger partial charge in [0.1, 0.15) is 5.82 Å². The summed E-state index contributed by atoms with van der Waals surface area (Å²) in [5.74, 6) is 0.546. The summed E-state index contributed by atoms with van der Waals surface area (Å²) in [6, 6.07) is 3.62. The zero-order valence-corrected chi connectivity index (χ0v) is 5.91. The van der Waals surface area contributed by atoms with Crippen molar-refractivity contribution in [2.24, 2.45) is 0 Å². The third-order valence-electron chi connectivity index (χ3n) is 1.23. The van der Waals surface area contributed by atoms with Crippen molar-refractivity contribution in [1.82, 2.24) is 4.98 Å². The highest BCUT2D eigenvalue weighted by molar-refractivity contribution is 5.62. The van der Waals surface area contributed by atoms with Crippen molar-refractivity contribution < 1.29 is 0 Å². The number of hydrogen-bond acceptors (Lipinski definition) is 3. The van der Waals surface area contributed by atoms with Crippen LogP contribution in [0.15, 0.2) is 24.9 Å². The van der Waals surface area contributed by atoms with E-state index in [-0.39, 0.29) is 0 Å². The minimum absolute atomic E-state index is 0.546. The summed E-state index contributed by atoms with van der Waals surface area (Å²) in [4.78, 5) is 3.93. The zero-order valence-electron chi connectivity index (χ0n) is 5.91. The van der Waals surface area contributed by atoms with Crippen LogP contribution in [-0.4, -0.2) is 4.98 Å². The molecule has 0 spiro atoms. The predicted octanol–water partition coefficient (Wildman–Crippen LogP) is 1.62. The Morgan fingerprint density at radius 3 is 3.18 bits per heavy atom. The molecular weight excluding hydrogens is 138 g/mol. The number of hydrogen-bond donors (Lipinski definition) is 1. The first-order valence-electron chi connectivity index (χ1n) is 3.11. The molecule has 0 fully saturated rings. The summed E-state index contributed by atoms with van der Waals surface area (Å²) >= 11 is 0. The van der Waals surface area contributed by atoms with Crippen molar-refractivity contribution >= 4 is 11.9 Å². The third-order valence-corrected chi connectivity index (χ3v) is 1.23. The molecule has 1 N–H and O–H groups in total. The summed E-state index contributed by atoms with van der Waals surface area (Å²) in [6.07, 6.45) is 5.06. The van der Waals surface area contributed by atoms with Gasteiger partial charge in [-0.3, -0.25) is 5.32 Å². The molecule has 1 rings (SSSR count). The molecule has 3 heteroatoms. The van der Waals surface area contributed by atoms with Gasteiger partial charge >= 0.3 is 0 Å². The normalized spacial score (nSPS) is 8.27. The average molecular weight is 145 g/mol. The lowest BCUT2D eigenvalue weighted by Gasteiger charge is -1.98. The van der Waals surface area contributed by atoms with Gasteiger partial charge in [-0.05, 0) is 12.1 Å². The third kappa shape index (κ3) is 1.55. The van der Waals surface area contributed by atoms with Crippen LogP contribution in [0.1, 0.15) is 5.56 Å². The monoisotopic (exact) mass is 145 g/mol. The number of nitrogens with zero attached hydrogens (tertiary/aromatic N) is 2. The van der Waals surface area contributed by atoms with Gasteiger partial charge in [-0.1, -0.05) is 12.7 Å². The maximum absolute atomic E-state index is 8.30. The second kappa shape index (κ2) is 3.37. The van der Waals surface area contributed by atoms with E-state index in [0.717, 1.165) is 5.56 Å². The van der Waals surface area contributed by atoms with E-state index in [4.69, 9.17) is 5.26 Å². The smallest absolute Gasteiger partial charge is 0.182 e. The highest BCUT2D eigenvalue weighted by Crippen LogP contribution is 2.10. The van der Waals surface area contributed by atoms with Crippen molar-refractivity contribution in [1.29, 1.82) is 5.26 Å². The summed E-state index contributed by atoms with van der Waals surface area (Å²) in [5, 5.41) is 10.8. The Labute approximate surface area is 65.0 Å². The average Bonchev–Trinajstić information content (AvgIpc) is 2.06. The molecule has 0 saturated heterocycles. The van der Waals surface area contributed by atoms with Gasteiger partial charge in [-0.25, -0.2) is 4.98 Å². The molecule has 11 heavy (non-hydrogen) atoms.